The highest BCUT2D eigenvalue weighted by Crippen LogP contribution is 2.22. The Kier molecular flexibility index (Phi) is 5.77. The molecule has 0 spiro atoms. The van der Waals surface area contributed by atoms with Gasteiger partial charge < -0.3 is 10.1 Å². The van der Waals surface area contributed by atoms with Crippen molar-refractivity contribution in [3.63, 3.8) is 0 Å². The number of rotatable bonds is 3. The highest BCUT2D eigenvalue weighted by atomic mass is 16.5. The largest absolute Gasteiger partial charge is 0.357 e. The number of hydrogen-bond acceptors (Lipinski definition) is 4. The van der Waals surface area contributed by atoms with E-state index < -0.39 is 0 Å². The standard InChI is InChI=1S/C22H24N4O2/c27-22-20(10-11-21-15-24-25-26(21)16-28-13-12-23-22)14-17-6-8-19(9-7-17)18-4-2-1-3-5-18/h1-9,15,20H,10-14,16H2,(H,23,27)/t20-/m1/s1. The van der Waals surface area contributed by atoms with Crippen LogP contribution in [-0.4, -0.2) is 34.1 Å². The first-order chi connectivity index (χ1) is 13.8. The Morgan fingerprint density at radius 3 is 2.68 bits per heavy atom. The minimum atomic E-state index is -0.0935. The Morgan fingerprint density at radius 1 is 1.07 bits per heavy atom. The molecular weight excluding hydrogens is 352 g/mol. The van der Waals surface area contributed by atoms with Crippen molar-refractivity contribution in [2.45, 2.75) is 26.0 Å². The summed E-state index contributed by atoms with van der Waals surface area (Å²) in [5.74, 6) is -0.0133. The molecule has 1 atom stereocenters. The number of carbonyl (C=O) groups excluding carboxylic acids is 1. The summed E-state index contributed by atoms with van der Waals surface area (Å²) in [6.07, 6.45) is 3.96. The van der Waals surface area contributed by atoms with Gasteiger partial charge in [0, 0.05) is 12.5 Å². The lowest BCUT2D eigenvalue weighted by Crippen LogP contribution is -2.34. The van der Waals surface area contributed by atoms with Crippen molar-refractivity contribution in [3.8, 4) is 11.1 Å². The summed E-state index contributed by atoms with van der Waals surface area (Å²) in [5.41, 5.74) is 4.54. The summed E-state index contributed by atoms with van der Waals surface area (Å²) in [7, 11) is 0. The maximum Gasteiger partial charge on any atom is 0.223 e. The first kappa shape index (κ1) is 18.4. The van der Waals surface area contributed by atoms with Crippen LogP contribution < -0.4 is 5.32 Å². The van der Waals surface area contributed by atoms with E-state index in [0.29, 0.717) is 26.3 Å². The van der Waals surface area contributed by atoms with Gasteiger partial charge >= 0.3 is 0 Å². The fourth-order valence-electron chi connectivity index (χ4n) is 3.52. The van der Waals surface area contributed by atoms with E-state index in [1.165, 1.54) is 11.1 Å². The Balaban J connectivity index is 1.48. The minimum absolute atomic E-state index is 0.0802. The van der Waals surface area contributed by atoms with Gasteiger partial charge in [0.2, 0.25) is 5.91 Å². The zero-order chi connectivity index (χ0) is 19.2. The van der Waals surface area contributed by atoms with E-state index in [1.54, 1.807) is 10.9 Å². The van der Waals surface area contributed by atoms with Crippen molar-refractivity contribution in [2.75, 3.05) is 13.2 Å². The average Bonchev–Trinajstić information content (AvgIpc) is 3.18. The van der Waals surface area contributed by atoms with Crippen molar-refractivity contribution in [1.29, 1.82) is 0 Å². The van der Waals surface area contributed by atoms with Gasteiger partial charge in [0.25, 0.3) is 0 Å². The zero-order valence-corrected chi connectivity index (χ0v) is 15.8. The number of aromatic nitrogens is 3. The lowest BCUT2D eigenvalue weighted by Gasteiger charge is -2.16. The number of nitrogens with one attached hydrogen (secondary N) is 1. The molecule has 0 unspecified atom stereocenters. The molecule has 1 amide bonds. The molecule has 3 aromatic rings. The van der Waals surface area contributed by atoms with E-state index in [9.17, 15) is 4.79 Å². The number of nitrogens with zero attached hydrogens (tertiary/aromatic N) is 3. The molecule has 28 heavy (non-hydrogen) atoms. The van der Waals surface area contributed by atoms with E-state index in [1.807, 2.05) is 18.2 Å². The molecule has 0 radical (unpaired) electrons. The van der Waals surface area contributed by atoms with Crippen LogP contribution in [0.4, 0.5) is 0 Å². The van der Waals surface area contributed by atoms with Crippen molar-refractivity contribution in [2.24, 2.45) is 5.92 Å². The van der Waals surface area contributed by atoms with Crippen LogP contribution >= 0.6 is 0 Å². The molecule has 0 saturated carbocycles. The molecule has 0 aliphatic carbocycles. The Labute approximate surface area is 164 Å². The predicted octanol–water partition coefficient (Wildman–Crippen LogP) is 2.84. The third kappa shape index (κ3) is 4.46. The minimum Gasteiger partial charge on any atom is -0.357 e. The summed E-state index contributed by atoms with van der Waals surface area (Å²) in [5, 5.41) is 11.0. The smallest absolute Gasteiger partial charge is 0.223 e. The van der Waals surface area contributed by atoms with Crippen LogP contribution in [0.1, 0.15) is 17.7 Å². The van der Waals surface area contributed by atoms with E-state index in [4.69, 9.17) is 4.74 Å². The maximum absolute atomic E-state index is 12.7. The number of ether oxygens (including phenoxy) is 1. The van der Waals surface area contributed by atoms with Crippen LogP contribution in [0.3, 0.4) is 0 Å². The molecule has 1 aliphatic heterocycles. The second-order valence-electron chi connectivity index (χ2n) is 7.06. The van der Waals surface area contributed by atoms with E-state index in [2.05, 4.69) is 52.0 Å². The summed E-state index contributed by atoms with van der Waals surface area (Å²) in [6, 6.07) is 18.8. The van der Waals surface area contributed by atoms with Gasteiger partial charge in [-0.15, -0.1) is 5.10 Å². The topological polar surface area (TPSA) is 69.0 Å². The third-order valence-electron chi connectivity index (χ3n) is 5.12. The summed E-state index contributed by atoms with van der Waals surface area (Å²) < 4.78 is 7.32. The molecule has 6 heteroatoms. The summed E-state index contributed by atoms with van der Waals surface area (Å²) >= 11 is 0. The van der Waals surface area contributed by atoms with Crippen LogP contribution in [-0.2, 0) is 29.1 Å². The molecule has 1 aliphatic rings. The third-order valence-corrected chi connectivity index (χ3v) is 5.12. The Morgan fingerprint density at radius 2 is 1.86 bits per heavy atom. The van der Waals surface area contributed by atoms with E-state index in [-0.39, 0.29) is 11.8 Å². The van der Waals surface area contributed by atoms with Crippen LogP contribution in [0.25, 0.3) is 11.1 Å². The van der Waals surface area contributed by atoms with Gasteiger partial charge in [-0.3, -0.25) is 4.79 Å². The van der Waals surface area contributed by atoms with Crippen LogP contribution in [0, 0.1) is 5.92 Å². The van der Waals surface area contributed by atoms with Gasteiger partial charge in [0.1, 0.15) is 6.73 Å². The second kappa shape index (κ2) is 8.80. The second-order valence-corrected chi connectivity index (χ2v) is 7.06. The van der Waals surface area contributed by atoms with Gasteiger partial charge in [-0.1, -0.05) is 59.8 Å². The molecule has 0 bridgehead atoms. The molecule has 2 aromatic carbocycles. The Hall–Kier alpha value is -2.99. The van der Waals surface area contributed by atoms with Gasteiger partial charge in [-0.2, -0.15) is 0 Å². The van der Waals surface area contributed by atoms with Crippen LogP contribution in [0.15, 0.2) is 60.8 Å². The Bertz CT molecular complexity index is 906. The quantitative estimate of drug-likeness (QED) is 0.763. The highest BCUT2D eigenvalue weighted by Gasteiger charge is 2.20. The van der Waals surface area contributed by atoms with Crippen LogP contribution in [0.5, 0.6) is 0 Å². The van der Waals surface area contributed by atoms with Crippen LogP contribution in [0.2, 0.25) is 0 Å². The van der Waals surface area contributed by atoms with Gasteiger partial charge in [-0.05, 0) is 36.0 Å². The average molecular weight is 376 g/mol. The van der Waals surface area contributed by atoms with Gasteiger partial charge in [-0.25, -0.2) is 4.68 Å². The van der Waals surface area contributed by atoms with Crippen molar-refractivity contribution in [3.05, 3.63) is 72.1 Å². The predicted molar refractivity (Wildman–Crippen MR) is 106 cm³/mol. The summed E-state index contributed by atoms with van der Waals surface area (Å²) in [6.45, 7) is 1.34. The number of carbonyl (C=O) groups is 1. The van der Waals surface area contributed by atoms with Gasteiger partial charge in [0.15, 0.2) is 0 Å². The first-order valence-electron chi connectivity index (χ1n) is 9.67. The molecule has 0 saturated heterocycles. The highest BCUT2D eigenvalue weighted by molar-refractivity contribution is 5.79. The normalized spacial score (nSPS) is 18.0. The van der Waals surface area contributed by atoms with E-state index >= 15 is 0 Å². The first-order valence-corrected chi connectivity index (χ1v) is 9.67. The van der Waals surface area contributed by atoms with Gasteiger partial charge in [0.05, 0.1) is 18.5 Å². The van der Waals surface area contributed by atoms with Crippen molar-refractivity contribution < 1.29 is 9.53 Å². The van der Waals surface area contributed by atoms with Crippen molar-refractivity contribution in [1.82, 2.24) is 20.3 Å². The lowest BCUT2D eigenvalue weighted by molar-refractivity contribution is -0.125. The monoisotopic (exact) mass is 376 g/mol. The molecule has 6 nitrogen and oxygen atoms in total. The number of aryl methyl sites for hydroxylation is 1. The fourth-order valence-corrected chi connectivity index (χ4v) is 3.52. The molecule has 1 aromatic heterocycles. The molecule has 1 N–H and O–H groups in total. The number of amides is 1. The summed E-state index contributed by atoms with van der Waals surface area (Å²) in [4.78, 5) is 12.7. The number of fused-ring (bicyclic) bond motifs is 1. The van der Waals surface area contributed by atoms with E-state index in [0.717, 1.165) is 24.1 Å². The molecule has 2 heterocycles. The fraction of sp³-hybridized carbons (Fsp3) is 0.318. The molecular formula is C22H24N4O2. The molecule has 144 valence electrons. The number of benzene rings is 2. The SMILES string of the molecule is O=C1NCCOCn2nncc2CC[C@@H]1Cc1ccc(-c2ccccc2)cc1. The molecule has 4 rings (SSSR count). The lowest BCUT2D eigenvalue weighted by atomic mass is 9.92. The van der Waals surface area contributed by atoms with Crippen molar-refractivity contribution >= 4 is 5.91 Å². The maximum atomic E-state index is 12.7. The number of hydrogen-bond donors (Lipinski definition) is 1. The zero-order valence-electron chi connectivity index (χ0n) is 15.8. The molecule has 0 fully saturated rings.